The van der Waals surface area contributed by atoms with Gasteiger partial charge in [-0.1, -0.05) is 0 Å². The third-order valence-corrected chi connectivity index (χ3v) is 3.43. The van der Waals surface area contributed by atoms with Gasteiger partial charge in [0.1, 0.15) is 0 Å². The fourth-order valence-electron chi connectivity index (χ4n) is 2.09. The van der Waals surface area contributed by atoms with Crippen LogP contribution < -0.4 is 0 Å². The highest BCUT2D eigenvalue weighted by atomic mass is 127. The van der Waals surface area contributed by atoms with E-state index >= 15 is 0 Å². The maximum absolute atomic E-state index is 5.41. The van der Waals surface area contributed by atoms with Gasteiger partial charge in [0.25, 0.3) is 0 Å². The second kappa shape index (κ2) is 4.61. The molecule has 2 atom stereocenters. The Balaban J connectivity index is 2.04. The molecule has 1 heterocycles. The molecular formula is C10H15IN2O. The quantitative estimate of drug-likeness (QED) is 0.785. The minimum Gasteiger partial charge on any atom is -0.381 e. The number of halogens is 1. The molecule has 1 aromatic heterocycles. The van der Waals surface area contributed by atoms with E-state index in [-0.39, 0.29) is 0 Å². The van der Waals surface area contributed by atoms with Crippen LogP contribution in [0.15, 0.2) is 12.4 Å². The molecule has 0 bridgehead atoms. The average Bonchev–Trinajstić information content (AvgIpc) is 2.65. The molecule has 3 nitrogen and oxygen atoms in total. The van der Waals surface area contributed by atoms with Crippen molar-refractivity contribution in [3.63, 3.8) is 0 Å². The van der Waals surface area contributed by atoms with Crippen LogP contribution in [0.5, 0.6) is 0 Å². The Hall–Kier alpha value is -0.100. The highest BCUT2D eigenvalue weighted by Crippen LogP contribution is 2.29. The van der Waals surface area contributed by atoms with Crippen LogP contribution in [0.2, 0.25) is 0 Å². The minimum absolute atomic E-state index is 0.426. The maximum Gasteiger partial charge on any atom is 0.0623 e. The van der Waals surface area contributed by atoms with Gasteiger partial charge in [-0.25, -0.2) is 0 Å². The Bertz CT molecular complexity index is 300. The molecule has 0 N–H and O–H groups in total. The van der Waals surface area contributed by atoms with E-state index in [0.29, 0.717) is 12.1 Å². The first-order valence-electron chi connectivity index (χ1n) is 5.02. The average molecular weight is 306 g/mol. The van der Waals surface area contributed by atoms with Crippen molar-refractivity contribution in [2.75, 3.05) is 7.11 Å². The first kappa shape index (κ1) is 10.4. The van der Waals surface area contributed by atoms with Gasteiger partial charge >= 0.3 is 0 Å². The van der Waals surface area contributed by atoms with E-state index in [1.807, 2.05) is 6.20 Å². The van der Waals surface area contributed by atoms with E-state index in [1.54, 1.807) is 7.11 Å². The van der Waals surface area contributed by atoms with Crippen LogP contribution in [-0.2, 0) is 4.74 Å². The van der Waals surface area contributed by atoms with Crippen molar-refractivity contribution in [3.8, 4) is 0 Å². The van der Waals surface area contributed by atoms with E-state index in [4.69, 9.17) is 4.74 Å². The summed E-state index contributed by atoms with van der Waals surface area (Å²) in [4.78, 5) is 0. The summed E-state index contributed by atoms with van der Waals surface area (Å²) in [7, 11) is 1.81. The maximum atomic E-state index is 5.41. The smallest absolute Gasteiger partial charge is 0.0623 e. The molecule has 2 rings (SSSR count). The normalized spacial score (nSPS) is 27.9. The van der Waals surface area contributed by atoms with E-state index < -0.39 is 0 Å². The zero-order valence-electron chi connectivity index (χ0n) is 8.32. The second-order valence-electron chi connectivity index (χ2n) is 3.82. The van der Waals surface area contributed by atoms with Crippen LogP contribution in [0.1, 0.15) is 31.7 Å². The monoisotopic (exact) mass is 306 g/mol. The summed E-state index contributed by atoms with van der Waals surface area (Å²) >= 11 is 2.30. The van der Waals surface area contributed by atoms with Gasteiger partial charge in [0, 0.05) is 13.3 Å². The van der Waals surface area contributed by atoms with Crippen molar-refractivity contribution in [2.24, 2.45) is 0 Å². The molecule has 78 valence electrons. The van der Waals surface area contributed by atoms with Gasteiger partial charge < -0.3 is 4.74 Å². The van der Waals surface area contributed by atoms with Crippen molar-refractivity contribution >= 4 is 22.6 Å². The van der Waals surface area contributed by atoms with Crippen LogP contribution in [-0.4, -0.2) is 23.0 Å². The number of methoxy groups -OCH3 is 1. The summed E-state index contributed by atoms with van der Waals surface area (Å²) in [6.07, 6.45) is 9.24. The summed E-state index contributed by atoms with van der Waals surface area (Å²) < 4.78 is 8.71. The summed E-state index contributed by atoms with van der Waals surface area (Å²) in [5, 5.41) is 4.36. The Labute approximate surface area is 98.0 Å². The lowest BCUT2D eigenvalue weighted by atomic mass is 9.93. The molecule has 0 radical (unpaired) electrons. The highest BCUT2D eigenvalue weighted by Gasteiger charge is 2.23. The summed E-state index contributed by atoms with van der Waals surface area (Å²) in [5.74, 6) is 0. The van der Waals surface area contributed by atoms with Crippen LogP contribution in [0, 0.1) is 3.57 Å². The zero-order chi connectivity index (χ0) is 9.97. The first-order chi connectivity index (χ1) is 6.79. The van der Waals surface area contributed by atoms with Gasteiger partial charge in [-0.3, -0.25) is 4.68 Å². The van der Waals surface area contributed by atoms with E-state index in [0.717, 1.165) is 6.42 Å². The molecule has 0 aromatic carbocycles. The lowest BCUT2D eigenvalue weighted by molar-refractivity contribution is 0.0508. The van der Waals surface area contributed by atoms with E-state index in [2.05, 4.69) is 38.6 Å². The van der Waals surface area contributed by atoms with E-state index in [9.17, 15) is 0 Å². The molecule has 4 heteroatoms. The fraction of sp³-hybridized carbons (Fsp3) is 0.700. The van der Waals surface area contributed by atoms with Crippen LogP contribution in [0.4, 0.5) is 0 Å². The lowest BCUT2D eigenvalue weighted by Gasteiger charge is -2.28. The van der Waals surface area contributed by atoms with Gasteiger partial charge in [-0.05, 0) is 48.3 Å². The minimum atomic E-state index is 0.426. The number of rotatable bonds is 2. The van der Waals surface area contributed by atoms with Gasteiger partial charge in [0.2, 0.25) is 0 Å². The topological polar surface area (TPSA) is 27.1 Å². The number of aromatic nitrogens is 2. The molecule has 0 saturated heterocycles. The molecule has 1 aliphatic carbocycles. The predicted molar refractivity (Wildman–Crippen MR) is 63.2 cm³/mol. The van der Waals surface area contributed by atoms with Crippen molar-refractivity contribution in [2.45, 2.75) is 37.8 Å². The van der Waals surface area contributed by atoms with Gasteiger partial charge in [0.15, 0.2) is 0 Å². The van der Waals surface area contributed by atoms with Crippen LogP contribution in [0.25, 0.3) is 0 Å². The van der Waals surface area contributed by atoms with Crippen LogP contribution >= 0.6 is 22.6 Å². The number of hydrogen-bond acceptors (Lipinski definition) is 2. The number of hydrogen-bond donors (Lipinski definition) is 0. The largest absolute Gasteiger partial charge is 0.381 e. The number of nitrogens with zero attached hydrogens (tertiary/aromatic N) is 2. The molecule has 1 saturated carbocycles. The van der Waals surface area contributed by atoms with Crippen molar-refractivity contribution in [1.29, 1.82) is 0 Å². The molecule has 1 aromatic rings. The van der Waals surface area contributed by atoms with Crippen LogP contribution in [0.3, 0.4) is 0 Å². The van der Waals surface area contributed by atoms with Gasteiger partial charge in [0.05, 0.1) is 21.9 Å². The standard InChI is InChI=1S/C10H15IN2O/c1-14-10-4-2-3-9(5-10)13-7-8(11)6-12-13/h6-7,9-10H,2-5H2,1H3. The molecule has 1 aliphatic rings. The molecular weight excluding hydrogens is 291 g/mol. The molecule has 0 spiro atoms. The second-order valence-corrected chi connectivity index (χ2v) is 5.06. The third kappa shape index (κ3) is 2.28. The van der Waals surface area contributed by atoms with E-state index in [1.165, 1.54) is 22.8 Å². The first-order valence-corrected chi connectivity index (χ1v) is 6.10. The predicted octanol–water partition coefficient (Wildman–Crippen LogP) is 2.62. The van der Waals surface area contributed by atoms with Crippen molar-refractivity contribution < 1.29 is 4.74 Å². The van der Waals surface area contributed by atoms with Gasteiger partial charge in [-0.15, -0.1) is 0 Å². The Kier molecular flexibility index (Phi) is 3.43. The zero-order valence-corrected chi connectivity index (χ0v) is 10.5. The molecule has 0 aliphatic heterocycles. The van der Waals surface area contributed by atoms with Gasteiger partial charge in [-0.2, -0.15) is 5.10 Å². The molecule has 0 amide bonds. The SMILES string of the molecule is COC1CCCC(n2cc(I)cn2)C1. The molecule has 14 heavy (non-hydrogen) atoms. The molecule has 2 unspecified atom stereocenters. The lowest BCUT2D eigenvalue weighted by Crippen LogP contribution is -2.24. The fourth-order valence-corrected chi connectivity index (χ4v) is 2.50. The van der Waals surface area contributed by atoms with Crippen molar-refractivity contribution in [1.82, 2.24) is 9.78 Å². The summed E-state index contributed by atoms with van der Waals surface area (Å²) in [6, 6.07) is 0.539. The Morgan fingerprint density at radius 3 is 3.07 bits per heavy atom. The Morgan fingerprint density at radius 2 is 2.43 bits per heavy atom. The van der Waals surface area contributed by atoms with Crippen molar-refractivity contribution in [3.05, 3.63) is 16.0 Å². The number of ether oxygens (including phenoxy) is 1. The summed E-state index contributed by atoms with van der Waals surface area (Å²) in [6.45, 7) is 0. The highest BCUT2D eigenvalue weighted by molar-refractivity contribution is 14.1. The third-order valence-electron chi connectivity index (χ3n) is 2.88. The summed E-state index contributed by atoms with van der Waals surface area (Å²) in [5.41, 5.74) is 0. The Morgan fingerprint density at radius 1 is 1.57 bits per heavy atom. The molecule has 1 fully saturated rings.